The second-order valence-corrected chi connectivity index (χ2v) is 8.12. The van der Waals surface area contributed by atoms with E-state index in [4.69, 9.17) is 27.9 Å². The van der Waals surface area contributed by atoms with Crippen LogP contribution < -0.4 is 4.74 Å². The van der Waals surface area contributed by atoms with E-state index in [1.165, 1.54) is 60.8 Å². The van der Waals surface area contributed by atoms with Crippen molar-refractivity contribution in [2.45, 2.75) is 12.6 Å². The van der Waals surface area contributed by atoms with Crippen molar-refractivity contribution in [1.29, 1.82) is 0 Å². The Morgan fingerprint density at radius 3 is 2.27 bits per heavy atom. The second-order valence-electron chi connectivity index (χ2n) is 7.31. The Morgan fingerprint density at radius 1 is 1.09 bits per heavy atom. The smallest absolute Gasteiger partial charge is 0.295 e. The lowest BCUT2D eigenvalue weighted by Gasteiger charge is -2.25. The van der Waals surface area contributed by atoms with E-state index in [0.29, 0.717) is 11.1 Å². The fourth-order valence-corrected chi connectivity index (χ4v) is 4.41. The number of ether oxygens (including phenoxy) is 1. The minimum atomic E-state index is -0.905. The third-order valence-electron chi connectivity index (χ3n) is 5.30. The van der Waals surface area contributed by atoms with Crippen LogP contribution in [0.4, 0.5) is 4.39 Å². The number of carbonyl (C=O) groups is 2. The van der Waals surface area contributed by atoms with Crippen LogP contribution in [0.1, 0.15) is 22.7 Å². The molecule has 1 aliphatic rings. The molecule has 168 valence electrons. The van der Waals surface area contributed by atoms with Gasteiger partial charge in [0.15, 0.2) is 5.75 Å². The summed E-state index contributed by atoms with van der Waals surface area (Å²) >= 11 is 12.4. The number of benzene rings is 2. The highest BCUT2D eigenvalue weighted by Gasteiger charge is 2.46. The number of rotatable bonds is 5. The van der Waals surface area contributed by atoms with Gasteiger partial charge in [0, 0.05) is 24.5 Å². The molecule has 1 atom stereocenters. The molecule has 1 amide bonds. The van der Waals surface area contributed by atoms with Gasteiger partial charge in [0.1, 0.15) is 11.6 Å². The summed E-state index contributed by atoms with van der Waals surface area (Å²) in [6, 6.07) is 10.8. The maximum absolute atomic E-state index is 13.3. The Morgan fingerprint density at radius 2 is 1.70 bits per heavy atom. The van der Waals surface area contributed by atoms with Crippen molar-refractivity contribution >= 4 is 40.7 Å². The lowest BCUT2D eigenvalue weighted by molar-refractivity contribution is -0.140. The fraction of sp³-hybridized carbons (Fsp3) is 0.125. The van der Waals surface area contributed by atoms with E-state index in [9.17, 15) is 19.1 Å². The standard InChI is InChI=1S/C24H17Cl2FN2O4/c1-33-23-17(25)10-15(11-18(23)26)21(30)19-20(14-6-8-28-9-7-14)29(24(32)22(19)31)12-13-2-4-16(27)5-3-13/h2-11,20,30H,12H2,1H3/b21-19+. The summed E-state index contributed by atoms with van der Waals surface area (Å²) < 4.78 is 18.5. The van der Waals surface area contributed by atoms with Gasteiger partial charge in [0.05, 0.1) is 28.8 Å². The third-order valence-corrected chi connectivity index (χ3v) is 5.87. The van der Waals surface area contributed by atoms with Crippen molar-refractivity contribution in [3.05, 3.63) is 99.1 Å². The lowest BCUT2D eigenvalue weighted by Crippen LogP contribution is -2.29. The van der Waals surface area contributed by atoms with Crippen LogP contribution in [0.5, 0.6) is 5.75 Å². The molecule has 0 saturated carbocycles. The molecule has 9 heteroatoms. The molecule has 33 heavy (non-hydrogen) atoms. The molecule has 1 N–H and O–H groups in total. The number of nitrogens with zero attached hydrogens (tertiary/aromatic N) is 2. The van der Waals surface area contributed by atoms with Crippen LogP contribution in [0.15, 0.2) is 66.5 Å². The van der Waals surface area contributed by atoms with Gasteiger partial charge in [-0.2, -0.15) is 0 Å². The molecule has 0 bridgehead atoms. The first-order valence-electron chi connectivity index (χ1n) is 9.78. The van der Waals surface area contributed by atoms with Gasteiger partial charge < -0.3 is 14.7 Å². The Bertz CT molecular complexity index is 1240. The fourth-order valence-electron chi connectivity index (χ4n) is 3.77. The van der Waals surface area contributed by atoms with Crippen molar-refractivity contribution in [2.75, 3.05) is 7.11 Å². The molecule has 1 aromatic heterocycles. The van der Waals surface area contributed by atoms with Crippen LogP contribution >= 0.6 is 23.2 Å². The predicted octanol–water partition coefficient (Wildman–Crippen LogP) is 5.16. The zero-order valence-corrected chi connectivity index (χ0v) is 18.8. The monoisotopic (exact) mass is 486 g/mol. The summed E-state index contributed by atoms with van der Waals surface area (Å²) in [5.74, 6) is -2.28. The lowest BCUT2D eigenvalue weighted by atomic mass is 9.95. The molecule has 1 unspecified atom stereocenters. The second kappa shape index (κ2) is 9.21. The average molecular weight is 487 g/mol. The van der Waals surface area contributed by atoms with Crippen LogP contribution in [0, 0.1) is 5.82 Å². The first-order chi connectivity index (χ1) is 15.8. The van der Waals surface area contributed by atoms with Crippen molar-refractivity contribution in [1.82, 2.24) is 9.88 Å². The normalized spacial score (nSPS) is 17.5. The zero-order chi connectivity index (χ0) is 23.7. The van der Waals surface area contributed by atoms with E-state index in [2.05, 4.69) is 4.98 Å². The number of methoxy groups -OCH3 is 1. The van der Waals surface area contributed by atoms with Crippen LogP contribution in [-0.2, 0) is 16.1 Å². The molecule has 1 fully saturated rings. The van der Waals surface area contributed by atoms with Gasteiger partial charge in [-0.25, -0.2) is 4.39 Å². The molecule has 0 radical (unpaired) electrons. The third kappa shape index (κ3) is 4.29. The molecule has 3 aromatic rings. The number of ketones is 1. The maximum atomic E-state index is 13.3. The van der Waals surface area contributed by atoms with Gasteiger partial charge in [-0.3, -0.25) is 14.6 Å². The summed E-state index contributed by atoms with van der Waals surface area (Å²) in [4.78, 5) is 31.4. The van der Waals surface area contributed by atoms with Crippen molar-refractivity contribution in [2.24, 2.45) is 0 Å². The Kier molecular flexibility index (Phi) is 6.35. The number of pyridine rings is 1. The van der Waals surface area contributed by atoms with Crippen molar-refractivity contribution < 1.29 is 23.8 Å². The van der Waals surface area contributed by atoms with E-state index < -0.39 is 29.3 Å². The van der Waals surface area contributed by atoms with Gasteiger partial charge in [-0.1, -0.05) is 35.3 Å². The predicted molar refractivity (Wildman–Crippen MR) is 121 cm³/mol. The van der Waals surface area contributed by atoms with Gasteiger partial charge in [-0.15, -0.1) is 0 Å². The first-order valence-corrected chi connectivity index (χ1v) is 10.5. The number of halogens is 3. The number of aliphatic hydroxyl groups excluding tert-OH is 1. The number of likely N-dealkylation sites (tertiary alicyclic amines) is 1. The van der Waals surface area contributed by atoms with Gasteiger partial charge in [-0.05, 0) is 47.5 Å². The van der Waals surface area contributed by atoms with Crippen LogP contribution in [0.2, 0.25) is 10.0 Å². The minimum absolute atomic E-state index is 0.0265. The number of Topliss-reactive ketones (excluding diaryl/α,β-unsaturated/α-hetero) is 1. The zero-order valence-electron chi connectivity index (χ0n) is 17.3. The molecule has 0 aliphatic carbocycles. The molecule has 2 aromatic carbocycles. The summed E-state index contributed by atoms with van der Waals surface area (Å²) in [6.45, 7) is 0.0265. The van der Waals surface area contributed by atoms with Gasteiger partial charge in [0.2, 0.25) is 0 Å². The molecule has 6 nitrogen and oxygen atoms in total. The topological polar surface area (TPSA) is 79.7 Å². The molecular weight excluding hydrogens is 470 g/mol. The summed E-state index contributed by atoms with van der Waals surface area (Å²) in [5.41, 5.74) is 1.22. The molecule has 1 saturated heterocycles. The SMILES string of the molecule is COc1c(Cl)cc(/C(O)=C2\C(=O)C(=O)N(Cc3ccc(F)cc3)C2c2ccncc2)cc1Cl. The van der Waals surface area contributed by atoms with Crippen molar-refractivity contribution in [3.8, 4) is 5.75 Å². The Labute approximate surface area is 198 Å². The molecule has 2 heterocycles. The van der Waals surface area contributed by atoms with Crippen LogP contribution in [0.3, 0.4) is 0 Å². The Hall–Kier alpha value is -3.42. The highest BCUT2D eigenvalue weighted by molar-refractivity contribution is 6.46. The van der Waals surface area contributed by atoms with Crippen LogP contribution in [-0.4, -0.2) is 33.8 Å². The first kappa shape index (κ1) is 22.8. The summed E-state index contributed by atoms with van der Waals surface area (Å²) in [6.07, 6.45) is 3.04. The number of amides is 1. The van der Waals surface area contributed by atoms with Gasteiger partial charge >= 0.3 is 0 Å². The highest BCUT2D eigenvalue weighted by atomic mass is 35.5. The summed E-state index contributed by atoms with van der Waals surface area (Å²) in [7, 11) is 1.40. The number of aromatic nitrogens is 1. The van der Waals surface area contributed by atoms with E-state index in [0.717, 1.165) is 0 Å². The van der Waals surface area contributed by atoms with E-state index in [-0.39, 0.29) is 33.5 Å². The number of hydrogen-bond acceptors (Lipinski definition) is 5. The number of hydrogen-bond donors (Lipinski definition) is 1. The van der Waals surface area contributed by atoms with E-state index >= 15 is 0 Å². The quantitative estimate of drug-likeness (QED) is 0.306. The molecule has 0 spiro atoms. The Balaban J connectivity index is 1.86. The van der Waals surface area contributed by atoms with Crippen LogP contribution in [0.25, 0.3) is 5.76 Å². The molecule has 4 rings (SSSR count). The molecular formula is C24H17Cl2FN2O4. The maximum Gasteiger partial charge on any atom is 0.295 e. The number of carbonyl (C=O) groups excluding carboxylic acids is 2. The summed E-state index contributed by atoms with van der Waals surface area (Å²) in [5, 5.41) is 11.4. The number of aliphatic hydroxyl groups is 1. The minimum Gasteiger partial charge on any atom is -0.507 e. The molecule has 1 aliphatic heterocycles. The highest BCUT2D eigenvalue weighted by Crippen LogP contribution is 2.42. The average Bonchev–Trinajstić information content (AvgIpc) is 3.05. The van der Waals surface area contributed by atoms with Gasteiger partial charge in [0.25, 0.3) is 11.7 Å². The van der Waals surface area contributed by atoms with E-state index in [1.807, 2.05) is 0 Å². The van der Waals surface area contributed by atoms with E-state index in [1.54, 1.807) is 12.1 Å². The largest absolute Gasteiger partial charge is 0.507 e. The van der Waals surface area contributed by atoms with Crippen molar-refractivity contribution in [3.63, 3.8) is 0 Å².